The van der Waals surface area contributed by atoms with Crippen LogP contribution in [0.3, 0.4) is 0 Å². The Morgan fingerprint density at radius 2 is 1.79 bits per heavy atom. The molecule has 2 heterocycles. The Hall–Kier alpha value is -3.65. The van der Waals surface area contributed by atoms with Crippen molar-refractivity contribution in [1.29, 1.82) is 0 Å². The summed E-state index contributed by atoms with van der Waals surface area (Å²) in [7, 11) is 0. The van der Waals surface area contributed by atoms with E-state index in [9.17, 15) is 4.79 Å². The first-order valence-electron chi connectivity index (χ1n) is 10.6. The molecule has 2 aromatic heterocycles. The van der Waals surface area contributed by atoms with E-state index in [1.54, 1.807) is 6.08 Å². The zero-order valence-electron chi connectivity index (χ0n) is 18.9. The van der Waals surface area contributed by atoms with Gasteiger partial charge in [0.15, 0.2) is 11.0 Å². The SMILES string of the molecule is C=CCn1c(SCC(=O)Nc2c(C)nn(-c3ccc(C)cc3)c2C)nnc1-c1ccccc1. The van der Waals surface area contributed by atoms with Crippen molar-refractivity contribution in [3.8, 4) is 17.1 Å². The highest BCUT2D eigenvalue weighted by Crippen LogP contribution is 2.26. The number of anilines is 1. The van der Waals surface area contributed by atoms with Crippen molar-refractivity contribution in [2.24, 2.45) is 0 Å². The first-order valence-corrected chi connectivity index (χ1v) is 11.6. The number of carbonyl (C=O) groups excluding carboxylic acids is 1. The maximum atomic E-state index is 12.8. The molecule has 0 aliphatic heterocycles. The van der Waals surface area contributed by atoms with Gasteiger partial charge in [0.1, 0.15) is 0 Å². The van der Waals surface area contributed by atoms with Gasteiger partial charge in [-0.1, -0.05) is 65.9 Å². The van der Waals surface area contributed by atoms with E-state index in [2.05, 4.69) is 27.2 Å². The lowest BCUT2D eigenvalue weighted by molar-refractivity contribution is -0.113. The minimum Gasteiger partial charge on any atom is -0.322 e. The fourth-order valence-electron chi connectivity index (χ4n) is 3.56. The highest BCUT2D eigenvalue weighted by molar-refractivity contribution is 7.99. The number of hydrogen-bond acceptors (Lipinski definition) is 5. The second-order valence-electron chi connectivity index (χ2n) is 7.70. The van der Waals surface area contributed by atoms with Crippen LogP contribution < -0.4 is 5.32 Å². The van der Waals surface area contributed by atoms with Gasteiger partial charge in [-0.05, 0) is 32.9 Å². The smallest absolute Gasteiger partial charge is 0.234 e. The topological polar surface area (TPSA) is 77.6 Å². The molecule has 0 radical (unpaired) electrons. The van der Waals surface area contributed by atoms with Crippen LogP contribution in [0, 0.1) is 20.8 Å². The minimum absolute atomic E-state index is 0.121. The molecule has 4 rings (SSSR count). The molecule has 8 heteroatoms. The monoisotopic (exact) mass is 458 g/mol. The summed E-state index contributed by atoms with van der Waals surface area (Å²) in [5.74, 6) is 0.840. The molecule has 0 aliphatic rings. The first kappa shape index (κ1) is 22.5. The molecule has 0 saturated heterocycles. The van der Waals surface area contributed by atoms with Crippen molar-refractivity contribution in [3.63, 3.8) is 0 Å². The van der Waals surface area contributed by atoms with Crippen LogP contribution in [-0.4, -0.2) is 36.2 Å². The summed E-state index contributed by atoms with van der Waals surface area (Å²) in [6, 6.07) is 18.0. The lowest BCUT2D eigenvalue weighted by Crippen LogP contribution is -2.16. The molecular weight excluding hydrogens is 432 g/mol. The fraction of sp³-hybridized carbons (Fsp3) is 0.200. The van der Waals surface area contributed by atoms with Crippen LogP contribution in [0.5, 0.6) is 0 Å². The lowest BCUT2D eigenvalue weighted by Gasteiger charge is -2.09. The number of aryl methyl sites for hydroxylation is 2. The molecule has 0 saturated carbocycles. The van der Waals surface area contributed by atoms with Gasteiger partial charge in [-0.15, -0.1) is 16.8 Å². The van der Waals surface area contributed by atoms with Crippen LogP contribution in [0.1, 0.15) is 17.0 Å². The molecule has 33 heavy (non-hydrogen) atoms. The molecule has 168 valence electrons. The summed E-state index contributed by atoms with van der Waals surface area (Å²) < 4.78 is 3.82. The predicted octanol–water partition coefficient (Wildman–Crippen LogP) is 4.97. The first-order chi connectivity index (χ1) is 16.0. The summed E-state index contributed by atoms with van der Waals surface area (Å²) in [6.07, 6.45) is 1.80. The van der Waals surface area contributed by atoms with Crippen LogP contribution >= 0.6 is 11.8 Å². The zero-order chi connectivity index (χ0) is 23.4. The average molecular weight is 459 g/mol. The van der Waals surface area contributed by atoms with E-state index in [1.165, 1.54) is 17.3 Å². The Balaban J connectivity index is 1.48. The van der Waals surface area contributed by atoms with Gasteiger partial charge in [0, 0.05) is 12.1 Å². The Bertz CT molecular complexity index is 1270. The van der Waals surface area contributed by atoms with E-state index >= 15 is 0 Å². The molecule has 1 amide bonds. The Kier molecular flexibility index (Phi) is 6.74. The van der Waals surface area contributed by atoms with Crippen LogP contribution in [0.2, 0.25) is 0 Å². The van der Waals surface area contributed by atoms with Crippen LogP contribution in [0.15, 0.2) is 72.4 Å². The molecule has 4 aromatic rings. The average Bonchev–Trinajstić information content (AvgIpc) is 3.35. The standard InChI is InChI=1S/C25H26N6OS/c1-5-15-30-24(20-9-7-6-8-10-20)27-28-25(30)33-16-22(32)26-23-18(3)29-31(19(23)4)21-13-11-17(2)12-14-21/h5-14H,1,15-16H2,2-4H3,(H,26,32). The van der Waals surface area contributed by atoms with Gasteiger partial charge in [0.05, 0.1) is 28.5 Å². The third-order valence-corrected chi connectivity index (χ3v) is 6.19. The molecular formula is C25H26N6OS. The number of allylic oxidation sites excluding steroid dienone is 1. The van der Waals surface area contributed by atoms with Crippen molar-refractivity contribution in [3.05, 3.63) is 84.2 Å². The number of amides is 1. The van der Waals surface area contributed by atoms with Gasteiger partial charge in [-0.2, -0.15) is 5.10 Å². The minimum atomic E-state index is -0.121. The number of hydrogen-bond donors (Lipinski definition) is 1. The van der Waals surface area contributed by atoms with E-state index in [1.807, 2.05) is 84.6 Å². The Morgan fingerprint density at radius 1 is 1.06 bits per heavy atom. The van der Waals surface area contributed by atoms with Gasteiger partial charge in [-0.25, -0.2) is 4.68 Å². The van der Waals surface area contributed by atoms with Crippen molar-refractivity contribution >= 4 is 23.4 Å². The van der Waals surface area contributed by atoms with Crippen LogP contribution in [-0.2, 0) is 11.3 Å². The number of rotatable bonds is 8. The molecule has 0 spiro atoms. The maximum absolute atomic E-state index is 12.8. The fourth-order valence-corrected chi connectivity index (χ4v) is 4.30. The van der Waals surface area contributed by atoms with E-state index in [0.29, 0.717) is 11.7 Å². The van der Waals surface area contributed by atoms with E-state index in [0.717, 1.165) is 34.2 Å². The van der Waals surface area contributed by atoms with Crippen molar-refractivity contribution in [2.75, 3.05) is 11.1 Å². The van der Waals surface area contributed by atoms with Crippen molar-refractivity contribution in [1.82, 2.24) is 24.5 Å². The van der Waals surface area contributed by atoms with Crippen molar-refractivity contribution in [2.45, 2.75) is 32.5 Å². The van der Waals surface area contributed by atoms with E-state index < -0.39 is 0 Å². The number of carbonyl (C=O) groups is 1. The molecule has 1 N–H and O–H groups in total. The Morgan fingerprint density at radius 3 is 2.48 bits per heavy atom. The summed E-state index contributed by atoms with van der Waals surface area (Å²) in [5.41, 5.74) is 5.51. The second-order valence-corrected chi connectivity index (χ2v) is 8.64. The maximum Gasteiger partial charge on any atom is 0.234 e. The van der Waals surface area contributed by atoms with Gasteiger partial charge < -0.3 is 5.32 Å². The third kappa shape index (κ3) is 4.90. The van der Waals surface area contributed by atoms with Crippen molar-refractivity contribution < 1.29 is 4.79 Å². The summed E-state index contributed by atoms with van der Waals surface area (Å²) >= 11 is 1.35. The van der Waals surface area contributed by atoms with Gasteiger partial charge in [0.2, 0.25) is 5.91 Å². The van der Waals surface area contributed by atoms with Gasteiger partial charge in [-0.3, -0.25) is 9.36 Å². The molecule has 7 nitrogen and oxygen atoms in total. The van der Waals surface area contributed by atoms with E-state index in [-0.39, 0.29) is 11.7 Å². The second kappa shape index (κ2) is 9.87. The molecule has 0 bridgehead atoms. The van der Waals surface area contributed by atoms with Gasteiger partial charge >= 0.3 is 0 Å². The highest BCUT2D eigenvalue weighted by atomic mass is 32.2. The number of nitrogens with zero attached hydrogens (tertiary/aromatic N) is 5. The Labute approximate surface area is 197 Å². The highest BCUT2D eigenvalue weighted by Gasteiger charge is 2.18. The third-order valence-electron chi connectivity index (χ3n) is 5.23. The van der Waals surface area contributed by atoms with Crippen LogP contribution in [0.25, 0.3) is 17.1 Å². The number of aromatic nitrogens is 5. The quantitative estimate of drug-likeness (QED) is 0.298. The normalized spacial score (nSPS) is 10.9. The van der Waals surface area contributed by atoms with E-state index in [4.69, 9.17) is 0 Å². The number of nitrogens with one attached hydrogen (secondary N) is 1. The molecule has 0 atom stereocenters. The number of benzene rings is 2. The summed E-state index contributed by atoms with van der Waals surface area (Å²) in [4.78, 5) is 12.8. The largest absolute Gasteiger partial charge is 0.322 e. The predicted molar refractivity (Wildman–Crippen MR) is 133 cm³/mol. The zero-order valence-corrected chi connectivity index (χ0v) is 19.8. The van der Waals surface area contributed by atoms with Crippen LogP contribution in [0.4, 0.5) is 5.69 Å². The number of thioether (sulfide) groups is 1. The molecule has 0 fully saturated rings. The molecule has 0 unspecified atom stereocenters. The molecule has 0 aliphatic carbocycles. The summed E-state index contributed by atoms with van der Waals surface area (Å²) in [6.45, 7) is 10.3. The molecule has 2 aromatic carbocycles. The summed E-state index contributed by atoms with van der Waals surface area (Å²) in [5, 5.41) is 17.0. The lowest BCUT2D eigenvalue weighted by atomic mass is 10.2. The van der Waals surface area contributed by atoms with Gasteiger partial charge in [0.25, 0.3) is 0 Å².